The number of alkyl carbamates (subject to hydrolysis) is 1. The number of nitrogens with zero attached hydrogens (tertiary/aromatic N) is 1. The fraction of sp³-hybridized carbons (Fsp3) is 0.118. The third-order valence-electron chi connectivity index (χ3n) is 7.27. The molecule has 1 aliphatic carbocycles. The van der Waals surface area contributed by atoms with Gasteiger partial charge in [-0.15, -0.1) is 0 Å². The van der Waals surface area contributed by atoms with Crippen LogP contribution in [0.15, 0.2) is 119 Å². The highest BCUT2D eigenvalue weighted by atomic mass is 35.5. The second kappa shape index (κ2) is 12.2. The minimum absolute atomic E-state index is 0.0219. The largest absolute Gasteiger partial charge is 0.449 e. The molecule has 1 heterocycles. The number of nitrogens with one attached hydrogen (secondary N) is 1. The van der Waals surface area contributed by atoms with Crippen molar-refractivity contribution in [3.63, 3.8) is 0 Å². The monoisotopic (exact) mass is 578 g/mol. The first-order valence-electron chi connectivity index (χ1n) is 13.3. The van der Waals surface area contributed by atoms with Crippen LogP contribution in [0.25, 0.3) is 22.3 Å². The third kappa shape index (κ3) is 5.59. The fourth-order valence-electron chi connectivity index (χ4n) is 5.32. The molecule has 4 aromatic carbocycles. The highest BCUT2D eigenvalue weighted by molar-refractivity contribution is 7.99. The van der Waals surface area contributed by atoms with Crippen LogP contribution >= 0.6 is 23.4 Å². The van der Waals surface area contributed by atoms with Gasteiger partial charge in [-0.1, -0.05) is 114 Å². The number of carbonyl (C=O) groups is 1. The molecule has 0 unspecified atom stereocenters. The van der Waals surface area contributed by atoms with E-state index in [-0.39, 0.29) is 25.7 Å². The van der Waals surface area contributed by atoms with Gasteiger partial charge in [0, 0.05) is 29.1 Å². The van der Waals surface area contributed by atoms with Crippen LogP contribution in [0.2, 0.25) is 5.02 Å². The standard InChI is InChI=1S/C34H27ClN2O3S/c35-31-17-16-24(22-9-2-1-3-10-22)29(32(31)41-33-23(20-38)11-8-18-36-33)19-37-34(39)40-21-30-27-14-6-4-12-25(27)26-13-5-7-15-28(26)30/h1-18,30,38H,19-21H2,(H,37,39). The van der Waals surface area contributed by atoms with Crippen LogP contribution in [-0.4, -0.2) is 22.8 Å². The Kier molecular flexibility index (Phi) is 8.05. The molecule has 1 aromatic heterocycles. The Morgan fingerprint density at radius 2 is 1.54 bits per heavy atom. The number of rotatable bonds is 8. The van der Waals surface area contributed by atoms with Crippen LogP contribution in [0, 0.1) is 0 Å². The maximum absolute atomic E-state index is 13.1. The Balaban J connectivity index is 1.25. The van der Waals surface area contributed by atoms with E-state index in [2.05, 4.69) is 34.6 Å². The second-order valence-corrected chi connectivity index (χ2v) is 11.1. The van der Waals surface area contributed by atoms with Crippen molar-refractivity contribution >= 4 is 29.5 Å². The molecule has 41 heavy (non-hydrogen) atoms. The molecule has 0 saturated carbocycles. The smallest absolute Gasteiger partial charge is 0.407 e. The minimum atomic E-state index is -0.504. The summed E-state index contributed by atoms with van der Waals surface area (Å²) >= 11 is 8.11. The molecule has 0 radical (unpaired) electrons. The number of fused-ring (bicyclic) bond motifs is 3. The van der Waals surface area contributed by atoms with E-state index in [9.17, 15) is 9.90 Å². The van der Waals surface area contributed by atoms with Crippen molar-refractivity contribution in [2.45, 2.75) is 29.0 Å². The second-order valence-electron chi connectivity index (χ2n) is 9.68. The maximum Gasteiger partial charge on any atom is 0.407 e. The summed E-state index contributed by atoms with van der Waals surface area (Å²) in [6, 6.07) is 33.9. The molecule has 0 aliphatic heterocycles. The average Bonchev–Trinajstić information content (AvgIpc) is 3.34. The summed E-state index contributed by atoms with van der Waals surface area (Å²) in [7, 11) is 0. The first-order valence-corrected chi connectivity index (χ1v) is 14.5. The topological polar surface area (TPSA) is 71.5 Å². The van der Waals surface area contributed by atoms with Gasteiger partial charge in [-0.2, -0.15) is 0 Å². The van der Waals surface area contributed by atoms with E-state index in [1.807, 2.05) is 72.8 Å². The first-order chi connectivity index (χ1) is 20.1. The predicted molar refractivity (Wildman–Crippen MR) is 163 cm³/mol. The number of hydrogen-bond acceptors (Lipinski definition) is 5. The fourth-order valence-corrected chi connectivity index (χ4v) is 6.65. The predicted octanol–water partition coefficient (Wildman–Crippen LogP) is 8.08. The maximum atomic E-state index is 13.1. The zero-order chi connectivity index (χ0) is 28.2. The summed E-state index contributed by atoms with van der Waals surface area (Å²) in [5, 5.41) is 14.0. The van der Waals surface area contributed by atoms with Gasteiger partial charge in [0.2, 0.25) is 0 Å². The zero-order valence-corrected chi connectivity index (χ0v) is 23.7. The van der Waals surface area contributed by atoms with Crippen molar-refractivity contribution < 1.29 is 14.6 Å². The van der Waals surface area contributed by atoms with Gasteiger partial charge in [0.05, 0.1) is 11.6 Å². The summed E-state index contributed by atoms with van der Waals surface area (Å²) < 4.78 is 5.80. The summed E-state index contributed by atoms with van der Waals surface area (Å²) in [6.45, 7) is 0.293. The molecule has 1 aliphatic rings. The highest BCUT2D eigenvalue weighted by Gasteiger charge is 2.29. The number of aromatic nitrogens is 1. The number of ether oxygens (including phenoxy) is 1. The molecule has 0 atom stereocenters. The Morgan fingerprint density at radius 1 is 0.854 bits per heavy atom. The van der Waals surface area contributed by atoms with Crippen LogP contribution in [0.1, 0.15) is 28.2 Å². The van der Waals surface area contributed by atoms with Crippen molar-refractivity contribution in [1.29, 1.82) is 0 Å². The highest BCUT2D eigenvalue weighted by Crippen LogP contribution is 2.45. The summed E-state index contributed by atoms with van der Waals surface area (Å²) in [4.78, 5) is 18.3. The molecule has 0 spiro atoms. The van der Waals surface area contributed by atoms with Crippen LogP contribution in [0.4, 0.5) is 4.79 Å². The Labute approximate surface area is 248 Å². The minimum Gasteiger partial charge on any atom is -0.449 e. The van der Waals surface area contributed by atoms with Crippen LogP contribution in [-0.2, 0) is 17.9 Å². The molecule has 204 valence electrons. The molecular formula is C34H27ClN2O3S. The molecule has 5 aromatic rings. The number of aliphatic hydroxyl groups excluding tert-OH is 1. The molecule has 0 bridgehead atoms. The van der Waals surface area contributed by atoms with Gasteiger partial charge in [-0.05, 0) is 51.1 Å². The van der Waals surface area contributed by atoms with Gasteiger partial charge in [-0.3, -0.25) is 0 Å². The number of halogens is 1. The lowest BCUT2D eigenvalue weighted by Gasteiger charge is -2.18. The number of amides is 1. The lowest BCUT2D eigenvalue weighted by atomic mass is 9.98. The van der Waals surface area contributed by atoms with E-state index >= 15 is 0 Å². The molecule has 0 fully saturated rings. The van der Waals surface area contributed by atoms with Crippen LogP contribution in [0.3, 0.4) is 0 Å². The average molecular weight is 579 g/mol. The molecule has 1 amide bonds. The SMILES string of the molecule is O=C(NCc1c(-c2ccccc2)ccc(Cl)c1Sc1ncccc1CO)OCC1c2ccccc2-c2ccccc21. The molecule has 5 nitrogen and oxygen atoms in total. The number of carbonyl (C=O) groups excluding carboxylic acids is 1. The van der Waals surface area contributed by atoms with Gasteiger partial charge in [0.25, 0.3) is 0 Å². The number of aliphatic hydroxyl groups is 1. The quantitative estimate of drug-likeness (QED) is 0.195. The van der Waals surface area contributed by atoms with Gasteiger partial charge in [-0.25, -0.2) is 9.78 Å². The molecule has 2 N–H and O–H groups in total. The third-order valence-corrected chi connectivity index (χ3v) is 8.93. The first kappa shape index (κ1) is 27.1. The molecule has 6 rings (SSSR count). The van der Waals surface area contributed by atoms with Gasteiger partial charge in [0.1, 0.15) is 11.6 Å². The van der Waals surface area contributed by atoms with Crippen molar-refractivity contribution in [1.82, 2.24) is 10.3 Å². The van der Waals surface area contributed by atoms with E-state index in [1.165, 1.54) is 22.9 Å². The number of benzene rings is 4. The molecule has 0 saturated heterocycles. The molecular weight excluding hydrogens is 552 g/mol. The summed E-state index contributed by atoms with van der Waals surface area (Å²) in [5.41, 5.74) is 8.18. The lowest BCUT2D eigenvalue weighted by molar-refractivity contribution is 0.142. The van der Waals surface area contributed by atoms with Crippen molar-refractivity contribution in [2.75, 3.05) is 6.61 Å². The van der Waals surface area contributed by atoms with Crippen molar-refractivity contribution in [3.8, 4) is 22.3 Å². The van der Waals surface area contributed by atoms with E-state index in [4.69, 9.17) is 16.3 Å². The molecule has 7 heteroatoms. The van der Waals surface area contributed by atoms with Crippen LogP contribution < -0.4 is 5.32 Å². The Bertz CT molecular complexity index is 1660. The van der Waals surface area contributed by atoms with Crippen molar-refractivity contribution in [3.05, 3.63) is 137 Å². The number of pyridine rings is 1. The van der Waals surface area contributed by atoms with Gasteiger partial charge < -0.3 is 15.2 Å². The van der Waals surface area contributed by atoms with Gasteiger partial charge >= 0.3 is 6.09 Å². The van der Waals surface area contributed by atoms with E-state index in [0.717, 1.165) is 32.7 Å². The van der Waals surface area contributed by atoms with E-state index in [1.54, 1.807) is 12.3 Å². The van der Waals surface area contributed by atoms with Gasteiger partial charge in [0.15, 0.2) is 0 Å². The van der Waals surface area contributed by atoms with E-state index < -0.39 is 6.09 Å². The Morgan fingerprint density at radius 3 is 2.24 bits per heavy atom. The Hall–Kier alpha value is -4.10. The summed E-state index contributed by atoms with van der Waals surface area (Å²) in [6.07, 6.45) is 1.18. The van der Waals surface area contributed by atoms with Crippen LogP contribution in [0.5, 0.6) is 0 Å². The van der Waals surface area contributed by atoms with Crippen molar-refractivity contribution in [2.24, 2.45) is 0 Å². The summed E-state index contributed by atoms with van der Waals surface area (Å²) in [5.74, 6) is -0.0219. The number of hydrogen-bond donors (Lipinski definition) is 2. The normalized spacial score (nSPS) is 12.0. The van der Waals surface area contributed by atoms with E-state index in [0.29, 0.717) is 15.6 Å². The lowest BCUT2D eigenvalue weighted by Crippen LogP contribution is -2.26. The zero-order valence-electron chi connectivity index (χ0n) is 22.1.